The van der Waals surface area contributed by atoms with Crippen LogP contribution in [0, 0.1) is 0 Å². The van der Waals surface area contributed by atoms with Gasteiger partial charge in [0.25, 0.3) is 0 Å². The molecule has 0 aromatic rings. The summed E-state index contributed by atoms with van der Waals surface area (Å²) in [7, 11) is -1.41. The fourth-order valence-corrected chi connectivity index (χ4v) is 3.30. The second kappa shape index (κ2) is 5.17. The molecule has 2 saturated heterocycles. The minimum Gasteiger partial charge on any atom is -0.382 e. The number of hydrogen-bond acceptors (Lipinski definition) is 6. The van der Waals surface area contributed by atoms with Gasteiger partial charge < -0.3 is 19.1 Å². The van der Waals surface area contributed by atoms with Gasteiger partial charge in [0, 0.05) is 20.6 Å². The quantitative estimate of drug-likeness (QED) is 0.743. The van der Waals surface area contributed by atoms with Crippen molar-refractivity contribution in [2.24, 2.45) is 0 Å². The van der Waals surface area contributed by atoms with E-state index in [4.69, 9.17) is 18.7 Å². The predicted octanol–water partition coefficient (Wildman–Crippen LogP) is 0.711. The highest BCUT2D eigenvalue weighted by Crippen LogP contribution is 2.51. The third-order valence-corrected chi connectivity index (χ3v) is 4.36. The molecule has 7 nitrogen and oxygen atoms in total. The van der Waals surface area contributed by atoms with Crippen LogP contribution in [0.15, 0.2) is 0 Å². The van der Waals surface area contributed by atoms with E-state index in [1.807, 2.05) is 6.92 Å². The number of methoxy groups -OCH3 is 1. The Hall–Kier alpha value is -0.0100. The molecule has 8 heteroatoms. The molecule has 2 rings (SSSR count). The van der Waals surface area contributed by atoms with Crippen LogP contribution < -0.4 is 0 Å². The Morgan fingerprint density at radius 1 is 1.50 bits per heavy atom. The molecule has 2 fully saturated rings. The average Bonchev–Trinajstić information content (AvgIpc) is 2.47. The van der Waals surface area contributed by atoms with E-state index in [1.54, 1.807) is 7.11 Å². The maximum absolute atomic E-state index is 11.6. The third kappa shape index (κ3) is 2.49. The maximum atomic E-state index is 11.6. The highest BCUT2D eigenvalue weighted by atomic mass is 31.2. The Balaban J connectivity index is 2.22. The average molecular weight is 282 g/mol. The number of hydrogen-bond donors (Lipinski definition) is 1. The van der Waals surface area contributed by atoms with E-state index in [9.17, 15) is 9.46 Å². The fourth-order valence-electron chi connectivity index (χ4n) is 2.62. The first-order chi connectivity index (χ1) is 8.44. The first kappa shape index (κ1) is 14.4. The smallest absolute Gasteiger partial charge is 0.382 e. The Kier molecular flexibility index (Phi) is 4.14. The van der Waals surface area contributed by atoms with Gasteiger partial charge in [0.1, 0.15) is 17.8 Å². The van der Waals surface area contributed by atoms with Crippen molar-refractivity contribution in [2.45, 2.75) is 37.3 Å². The second-order valence-corrected chi connectivity index (χ2v) is 6.10. The van der Waals surface area contributed by atoms with E-state index in [1.165, 1.54) is 0 Å². The van der Waals surface area contributed by atoms with E-state index < -0.39 is 19.5 Å². The lowest BCUT2D eigenvalue weighted by Crippen LogP contribution is -2.52. The van der Waals surface area contributed by atoms with Gasteiger partial charge in [-0.15, -0.1) is 0 Å². The Morgan fingerprint density at radius 2 is 2.22 bits per heavy atom. The van der Waals surface area contributed by atoms with Gasteiger partial charge in [-0.2, -0.15) is 0 Å². The molecule has 18 heavy (non-hydrogen) atoms. The molecule has 0 aromatic heterocycles. The molecule has 2 bridgehead atoms. The van der Waals surface area contributed by atoms with Crippen LogP contribution in [-0.2, 0) is 27.8 Å². The molecule has 0 spiro atoms. The summed E-state index contributed by atoms with van der Waals surface area (Å²) in [5.41, 5.74) is -0.742. The number of fused-ring (bicyclic) bond motifs is 2. The van der Waals surface area contributed by atoms with E-state index in [2.05, 4.69) is 4.52 Å². The molecular formula is C10H19O7P. The molecule has 2 heterocycles. The molecule has 0 radical (unpaired) electrons. The summed E-state index contributed by atoms with van der Waals surface area (Å²) in [5, 5.41) is 0. The van der Waals surface area contributed by atoms with Crippen LogP contribution in [0.1, 0.15) is 13.3 Å². The predicted molar refractivity (Wildman–Crippen MR) is 61.2 cm³/mol. The number of ether oxygens (including phenoxy) is 3. The van der Waals surface area contributed by atoms with E-state index >= 15 is 0 Å². The van der Waals surface area contributed by atoms with Crippen molar-refractivity contribution in [3.63, 3.8) is 0 Å². The third-order valence-electron chi connectivity index (χ3n) is 3.40. The van der Waals surface area contributed by atoms with Crippen LogP contribution in [-0.4, -0.2) is 56.2 Å². The molecule has 2 aliphatic rings. The minimum atomic E-state index is -4.08. The van der Waals surface area contributed by atoms with Crippen molar-refractivity contribution in [1.29, 1.82) is 0 Å². The second-order valence-electron chi connectivity index (χ2n) is 4.58. The van der Waals surface area contributed by atoms with Gasteiger partial charge in [-0.05, 0) is 6.92 Å². The highest BCUT2D eigenvalue weighted by Gasteiger charge is 2.59. The molecular weight excluding hydrogens is 263 g/mol. The monoisotopic (exact) mass is 282 g/mol. The number of rotatable bonds is 5. The van der Waals surface area contributed by atoms with Gasteiger partial charge in [-0.25, -0.2) is 4.57 Å². The molecule has 1 N–H and O–H groups in total. The lowest BCUT2D eigenvalue weighted by atomic mass is 9.90. The Labute approximate surface area is 106 Å². The van der Waals surface area contributed by atoms with Crippen molar-refractivity contribution >= 4 is 7.82 Å². The van der Waals surface area contributed by atoms with Crippen molar-refractivity contribution < 1.29 is 32.7 Å². The Bertz CT molecular complexity index is 345. The van der Waals surface area contributed by atoms with Crippen molar-refractivity contribution in [3.8, 4) is 0 Å². The van der Waals surface area contributed by atoms with Gasteiger partial charge in [0.2, 0.25) is 0 Å². The first-order valence-corrected chi connectivity index (χ1v) is 7.29. The fraction of sp³-hybridized carbons (Fsp3) is 1.00. The molecule has 0 aliphatic carbocycles. The summed E-state index contributed by atoms with van der Waals surface area (Å²) >= 11 is 0. The van der Waals surface area contributed by atoms with Crippen LogP contribution in [0.25, 0.3) is 0 Å². The zero-order valence-electron chi connectivity index (χ0n) is 10.7. The summed E-state index contributed by atoms with van der Waals surface area (Å²) in [6.45, 7) is 2.64. The molecule has 5 atom stereocenters. The maximum Gasteiger partial charge on any atom is 0.472 e. The molecule has 0 saturated carbocycles. The van der Waals surface area contributed by atoms with Crippen molar-refractivity contribution in [1.82, 2.24) is 0 Å². The van der Waals surface area contributed by atoms with Crippen LogP contribution in [0.2, 0.25) is 0 Å². The van der Waals surface area contributed by atoms with E-state index in [0.29, 0.717) is 13.0 Å². The zero-order valence-corrected chi connectivity index (χ0v) is 11.6. The lowest BCUT2D eigenvalue weighted by molar-refractivity contribution is -0.141. The SMILES string of the molecule is COC[C@]12CCO[C@H](C1OP(=O)(O)OC)[C@H](C)O2. The van der Waals surface area contributed by atoms with Crippen LogP contribution in [0.5, 0.6) is 0 Å². The summed E-state index contributed by atoms with van der Waals surface area (Å²) in [6.07, 6.45) is -0.721. The standard InChI is InChI=1S/C10H19O7P/c1-7-8-9(17-18(11,12)14-3)10(16-7,6-13-2)4-5-15-8/h7-9H,4-6H2,1-3H3,(H,11,12)/t7-,8-,9?,10+/m0/s1. The molecule has 2 aliphatic heterocycles. The molecule has 0 aromatic carbocycles. The first-order valence-electron chi connectivity index (χ1n) is 5.79. The van der Waals surface area contributed by atoms with E-state index in [-0.39, 0.29) is 18.8 Å². The zero-order chi connectivity index (χ0) is 13.4. The summed E-state index contributed by atoms with van der Waals surface area (Å²) < 4.78 is 37.8. The van der Waals surface area contributed by atoms with Gasteiger partial charge in [0.15, 0.2) is 0 Å². The summed E-state index contributed by atoms with van der Waals surface area (Å²) in [5.74, 6) is 0. The van der Waals surface area contributed by atoms with Gasteiger partial charge in [0.05, 0.1) is 19.3 Å². The molecule has 2 unspecified atom stereocenters. The summed E-state index contributed by atoms with van der Waals surface area (Å²) in [4.78, 5) is 9.47. The van der Waals surface area contributed by atoms with Gasteiger partial charge in [-0.3, -0.25) is 9.05 Å². The normalized spacial score (nSPS) is 42.8. The number of phosphoric ester groups is 1. The van der Waals surface area contributed by atoms with Crippen molar-refractivity contribution in [2.75, 3.05) is 27.4 Å². The highest BCUT2D eigenvalue weighted by molar-refractivity contribution is 7.47. The van der Waals surface area contributed by atoms with Crippen LogP contribution >= 0.6 is 7.82 Å². The molecule has 106 valence electrons. The topological polar surface area (TPSA) is 83.5 Å². The van der Waals surface area contributed by atoms with Gasteiger partial charge in [-0.1, -0.05) is 0 Å². The summed E-state index contributed by atoms with van der Waals surface area (Å²) in [6, 6.07) is 0. The van der Waals surface area contributed by atoms with Crippen molar-refractivity contribution in [3.05, 3.63) is 0 Å². The van der Waals surface area contributed by atoms with Gasteiger partial charge >= 0.3 is 7.82 Å². The largest absolute Gasteiger partial charge is 0.472 e. The Morgan fingerprint density at radius 3 is 2.83 bits per heavy atom. The number of phosphoric acid groups is 1. The molecule has 0 amide bonds. The van der Waals surface area contributed by atoms with Crippen LogP contribution in [0.3, 0.4) is 0 Å². The lowest BCUT2D eigenvalue weighted by Gasteiger charge is -2.38. The van der Waals surface area contributed by atoms with E-state index in [0.717, 1.165) is 7.11 Å². The minimum absolute atomic E-state index is 0.218. The van der Waals surface area contributed by atoms with Crippen LogP contribution in [0.4, 0.5) is 0 Å².